The molecule has 15 heavy (non-hydrogen) atoms. The number of hydrogen-bond donors (Lipinski definition) is 2. The van der Waals surface area contributed by atoms with Crippen molar-refractivity contribution < 1.29 is 4.42 Å². The highest BCUT2D eigenvalue weighted by atomic mass is 16.3. The topological polar surface area (TPSA) is 58.0 Å². The zero-order valence-electron chi connectivity index (χ0n) is 8.67. The highest BCUT2D eigenvalue weighted by molar-refractivity contribution is 5.77. The van der Waals surface area contributed by atoms with Crippen LogP contribution < -0.4 is 10.7 Å². The van der Waals surface area contributed by atoms with E-state index in [2.05, 4.69) is 17.2 Å². The zero-order chi connectivity index (χ0) is 10.7. The number of pyridine rings is 1. The first kappa shape index (κ1) is 9.98. The van der Waals surface area contributed by atoms with Crippen molar-refractivity contribution in [2.75, 3.05) is 13.1 Å². The molecule has 0 bridgehead atoms. The summed E-state index contributed by atoms with van der Waals surface area (Å²) in [6.07, 6.45) is 4.07. The lowest BCUT2D eigenvalue weighted by molar-refractivity contribution is 0.596. The Labute approximate surface area is 87.3 Å². The average Bonchev–Trinajstić information content (AvgIpc) is 2.63. The predicted octanol–water partition coefficient (Wildman–Crippen LogP) is 1.27. The molecule has 0 spiro atoms. The molecule has 0 aliphatic heterocycles. The minimum absolute atomic E-state index is 0.0176. The van der Waals surface area contributed by atoms with Gasteiger partial charge in [-0.05, 0) is 19.5 Å². The van der Waals surface area contributed by atoms with Crippen LogP contribution in [0.25, 0.3) is 11.1 Å². The lowest BCUT2D eigenvalue weighted by atomic mass is 10.1. The lowest BCUT2D eigenvalue weighted by Crippen LogP contribution is -2.16. The Bertz CT molecular complexity index is 499. The minimum atomic E-state index is 0.0176. The summed E-state index contributed by atoms with van der Waals surface area (Å²) in [5.41, 5.74) is 1.55. The third-order valence-corrected chi connectivity index (χ3v) is 2.38. The van der Waals surface area contributed by atoms with Gasteiger partial charge in [-0.1, -0.05) is 6.92 Å². The summed E-state index contributed by atoms with van der Waals surface area (Å²) >= 11 is 0. The van der Waals surface area contributed by atoms with Crippen molar-refractivity contribution in [3.8, 4) is 0 Å². The van der Waals surface area contributed by atoms with Crippen molar-refractivity contribution in [2.24, 2.45) is 0 Å². The second kappa shape index (κ2) is 4.31. The molecule has 0 saturated carbocycles. The molecule has 0 atom stereocenters. The van der Waals surface area contributed by atoms with E-state index in [9.17, 15) is 4.79 Å². The van der Waals surface area contributed by atoms with Gasteiger partial charge in [-0.3, -0.25) is 4.79 Å². The molecule has 0 amide bonds. The first-order valence-corrected chi connectivity index (χ1v) is 5.11. The van der Waals surface area contributed by atoms with Crippen LogP contribution in [0.15, 0.2) is 27.7 Å². The van der Waals surface area contributed by atoms with Gasteiger partial charge in [-0.15, -0.1) is 0 Å². The lowest BCUT2D eigenvalue weighted by Gasteiger charge is -1.98. The van der Waals surface area contributed by atoms with E-state index in [1.165, 1.54) is 6.07 Å². The second-order valence-electron chi connectivity index (χ2n) is 3.41. The molecule has 0 fully saturated rings. The molecule has 0 aromatic carbocycles. The third-order valence-electron chi connectivity index (χ3n) is 2.38. The smallest absolute Gasteiger partial charge is 0.208 e. The van der Waals surface area contributed by atoms with Gasteiger partial charge in [0.2, 0.25) is 5.71 Å². The fourth-order valence-electron chi connectivity index (χ4n) is 1.63. The number of aromatic nitrogens is 1. The average molecular weight is 206 g/mol. The Morgan fingerprint density at radius 1 is 1.53 bits per heavy atom. The monoisotopic (exact) mass is 206 g/mol. The van der Waals surface area contributed by atoms with Gasteiger partial charge < -0.3 is 14.7 Å². The Hall–Kier alpha value is -1.55. The molecule has 2 aromatic heterocycles. The molecule has 2 N–H and O–H groups in total. The Morgan fingerprint density at radius 3 is 3.20 bits per heavy atom. The summed E-state index contributed by atoms with van der Waals surface area (Å²) in [5.74, 6) is 0. The van der Waals surface area contributed by atoms with Crippen molar-refractivity contribution in [1.82, 2.24) is 10.3 Å². The van der Waals surface area contributed by atoms with E-state index in [0.29, 0.717) is 11.1 Å². The molecule has 2 aromatic rings. The van der Waals surface area contributed by atoms with Crippen LogP contribution in [0.4, 0.5) is 0 Å². The van der Waals surface area contributed by atoms with Crippen LogP contribution in [-0.2, 0) is 6.42 Å². The summed E-state index contributed by atoms with van der Waals surface area (Å²) in [7, 11) is 0. The number of H-pyrrole nitrogens is 1. The number of rotatable bonds is 4. The van der Waals surface area contributed by atoms with E-state index in [-0.39, 0.29) is 5.43 Å². The number of aromatic amines is 1. The number of hydrogen-bond acceptors (Lipinski definition) is 3. The van der Waals surface area contributed by atoms with E-state index in [1.807, 2.05) is 0 Å². The van der Waals surface area contributed by atoms with Crippen LogP contribution >= 0.6 is 0 Å². The largest absolute Gasteiger partial charge is 0.448 e. The van der Waals surface area contributed by atoms with Crippen molar-refractivity contribution in [3.63, 3.8) is 0 Å². The van der Waals surface area contributed by atoms with Crippen molar-refractivity contribution in [1.29, 1.82) is 0 Å². The van der Waals surface area contributed by atoms with Gasteiger partial charge in [-0.2, -0.15) is 0 Å². The van der Waals surface area contributed by atoms with E-state index >= 15 is 0 Å². The molecule has 4 nitrogen and oxygen atoms in total. The minimum Gasteiger partial charge on any atom is -0.448 e. The molecular formula is C11H14N2O2. The van der Waals surface area contributed by atoms with Crippen LogP contribution in [0.2, 0.25) is 0 Å². The number of furan rings is 1. The van der Waals surface area contributed by atoms with Gasteiger partial charge in [0.05, 0.1) is 11.6 Å². The van der Waals surface area contributed by atoms with Crippen molar-refractivity contribution in [3.05, 3.63) is 34.3 Å². The van der Waals surface area contributed by atoms with E-state index in [4.69, 9.17) is 4.42 Å². The van der Waals surface area contributed by atoms with Crippen molar-refractivity contribution >= 4 is 11.1 Å². The summed E-state index contributed by atoms with van der Waals surface area (Å²) in [5, 5.41) is 3.89. The molecular weight excluding hydrogens is 192 g/mol. The van der Waals surface area contributed by atoms with Gasteiger partial charge in [0.15, 0.2) is 5.43 Å². The molecule has 0 radical (unpaired) electrons. The maximum atomic E-state index is 11.6. The van der Waals surface area contributed by atoms with Crippen LogP contribution in [0, 0.1) is 0 Å². The fourth-order valence-corrected chi connectivity index (χ4v) is 1.63. The highest BCUT2D eigenvalue weighted by Gasteiger charge is 2.08. The van der Waals surface area contributed by atoms with Gasteiger partial charge in [-0.25, -0.2) is 0 Å². The van der Waals surface area contributed by atoms with E-state index < -0.39 is 0 Å². The summed E-state index contributed by atoms with van der Waals surface area (Å²) in [6.45, 7) is 3.85. The molecule has 4 heteroatoms. The summed E-state index contributed by atoms with van der Waals surface area (Å²) < 4.78 is 5.28. The van der Waals surface area contributed by atoms with Gasteiger partial charge >= 0.3 is 0 Å². The zero-order valence-corrected chi connectivity index (χ0v) is 8.67. The van der Waals surface area contributed by atoms with Crippen molar-refractivity contribution in [2.45, 2.75) is 13.3 Å². The Kier molecular flexibility index (Phi) is 2.87. The maximum absolute atomic E-state index is 11.6. The molecule has 0 aliphatic rings. The highest BCUT2D eigenvalue weighted by Crippen LogP contribution is 2.14. The number of nitrogens with one attached hydrogen (secondary N) is 2. The van der Waals surface area contributed by atoms with E-state index in [0.717, 1.165) is 25.1 Å². The first-order valence-electron chi connectivity index (χ1n) is 5.11. The fraction of sp³-hybridized carbons (Fsp3) is 0.364. The molecule has 0 saturated heterocycles. The predicted molar refractivity (Wildman–Crippen MR) is 59.1 cm³/mol. The summed E-state index contributed by atoms with van der Waals surface area (Å²) in [6, 6.07) is 1.52. The first-order chi connectivity index (χ1) is 7.33. The second-order valence-corrected chi connectivity index (χ2v) is 3.41. The molecule has 0 unspecified atom stereocenters. The Balaban J connectivity index is 2.32. The summed E-state index contributed by atoms with van der Waals surface area (Å²) in [4.78, 5) is 14.5. The SMILES string of the molecule is CCNCCc1coc2[nH]ccc(=O)c12. The number of likely N-dealkylation sites (N-methyl/N-ethyl adjacent to an activating group) is 1. The van der Waals surface area contributed by atoms with Gasteiger partial charge in [0, 0.05) is 17.8 Å². The van der Waals surface area contributed by atoms with Crippen LogP contribution in [0.3, 0.4) is 0 Å². The molecule has 2 rings (SSSR count). The van der Waals surface area contributed by atoms with Gasteiger partial charge in [0.25, 0.3) is 0 Å². The molecule has 80 valence electrons. The standard InChI is InChI=1S/C11H14N2O2/c1-2-12-5-3-8-7-15-11-10(8)9(14)4-6-13-11/h4,6-7,12H,2-3,5H2,1H3,(H,13,14). The Morgan fingerprint density at radius 2 is 2.40 bits per heavy atom. The van der Waals surface area contributed by atoms with Gasteiger partial charge in [0.1, 0.15) is 0 Å². The van der Waals surface area contributed by atoms with Crippen LogP contribution in [0.5, 0.6) is 0 Å². The maximum Gasteiger partial charge on any atom is 0.208 e. The molecule has 2 heterocycles. The normalized spacial score (nSPS) is 11.0. The van der Waals surface area contributed by atoms with Crippen LogP contribution in [-0.4, -0.2) is 18.1 Å². The molecule has 0 aliphatic carbocycles. The number of fused-ring (bicyclic) bond motifs is 1. The van der Waals surface area contributed by atoms with Crippen LogP contribution in [0.1, 0.15) is 12.5 Å². The third kappa shape index (κ3) is 1.94. The quantitative estimate of drug-likeness (QED) is 0.741. The van der Waals surface area contributed by atoms with E-state index in [1.54, 1.807) is 12.5 Å².